The summed E-state index contributed by atoms with van der Waals surface area (Å²) >= 11 is 2.54. The van der Waals surface area contributed by atoms with Gasteiger partial charge in [-0.05, 0) is 12.8 Å². The van der Waals surface area contributed by atoms with E-state index in [9.17, 15) is 9.59 Å². The summed E-state index contributed by atoms with van der Waals surface area (Å²) in [6, 6.07) is 0. The van der Waals surface area contributed by atoms with Crippen LogP contribution in [0.15, 0.2) is 0 Å². The smallest absolute Gasteiger partial charge is 0 e. The molecule has 0 bridgehead atoms. The first kappa shape index (κ1) is 27.0. The minimum Gasteiger partial charge on any atom is 0 e. The Morgan fingerprint density at radius 3 is 1.64 bits per heavy atom. The fraction of sp³-hybridized carbons (Fsp3) is 0.875. The van der Waals surface area contributed by atoms with Crippen LogP contribution in [-0.4, -0.2) is 22.2 Å². The van der Waals surface area contributed by atoms with Gasteiger partial charge in [0.15, 0.2) is 0 Å². The molecule has 0 saturated carbocycles. The normalized spacial score (nSPS) is 13.8. The van der Waals surface area contributed by atoms with Gasteiger partial charge in [-0.1, -0.05) is 26.7 Å². The summed E-state index contributed by atoms with van der Waals surface area (Å²) in [4.78, 5) is 21.0. The van der Waals surface area contributed by atoms with Crippen LogP contribution in [-0.2, 0) is 46.5 Å². The van der Waals surface area contributed by atoms with Crippen molar-refractivity contribution in [2.45, 2.75) is 77.3 Å². The van der Waals surface area contributed by atoms with Gasteiger partial charge in [-0.25, -0.2) is 0 Å². The molecule has 0 radical (unpaired) electrons. The van der Waals surface area contributed by atoms with Gasteiger partial charge < -0.3 is 5.11 Å². The van der Waals surface area contributed by atoms with Crippen molar-refractivity contribution < 1.29 is 56.7 Å². The van der Waals surface area contributed by atoms with Crippen molar-refractivity contribution in [1.29, 1.82) is 0 Å². The Labute approximate surface area is 157 Å². The molecule has 0 fully saturated rings. The first-order valence-corrected chi connectivity index (χ1v) is 8.78. The van der Waals surface area contributed by atoms with Crippen LogP contribution in [0.25, 0.3) is 0 Å². The molecule has 0 heterocycles. The molecule has 0 aliphatic rings. The van der Waals surface area contributed by atoms with Gasteiger partial charge in [-0.3, -0.25) is 4.79 Å². The second kappa shape index (κ2) is 17.5. The summed E-state index contributed by atoms with van der Waals surface area (Å²) in [5, 5.41) is 17.3. The zero-order chi connectivity index (χ0) is 16.8. The molecule has 0 aliphatic carbocycles. The van der Waals surface area contributed by atoms with Gasteiger partial charge in [0.25, 0.3) is 0 Å². The molecule has 6 heteroatoms. The van der Waals surface area contributed by atoms with E-state index >= 15 is 0 Å². The molecule has 22 heavy (non-hydrogen) atoms. The maximum atomic E-state index is 10.6. The van der Waals surface area contributed by atoms with Gasteiger partial charge in [-0.15, -0.1) is 0 Å². The van der Waals surface area contributed by atoms with E-state index in [1.165, 1.54) is 0 Å². The maximum Gasteiger partial charge on any atom is 0 e. The third kappa shape index (κ3) is 15.1. The molecule has 126 valence electrons. The number of carbonyl (C=O) groups is 2. The maximum absolute atomic E-state index is 10.6. The summed E-state index contributed by atoms with van der Waals surface area (Å²) in [6.07, 6.45) is 6.29. The van der Waals surface area contributed by atoms with E-state index in [-0.39, 0.29) is 31.3 Å². The van der Waals surface area contributed by atoms with Crippen molar-refractivity contribution in [1.82, 2.24) is 0 Å². The second-order valence-corrected chi connectivity index (χ2v) is 6.47. The Hall–Kier alpha value is 0.148. The van der Waals surface area contributed by atoms with E-state index in [2.05, 4.69) is 31.3 Å². The second-order valence-electron chi connectivity index (χ2n) is 5.33. The van der Waals surface area contributed by atoms with Gasteiger partial charge in [0, 0.05) is 19.5 Å². The molecule has 0 aliphatic heterocycles. The summed E-state index contributed by atoms with van der Waals surface area (Å²) in [5.74, 6) is -1.56. The van der Waals surface area contributed by atoms with Gasteiger partial charge in [0.1, 0.15) is 0 Å². The van der Waals surface area contributed by atoms with Crippen molar-refractivity contribution in [3.63, 3.8) is 0 Å². The largest absolute Gasteiger partial charge is 0 e. The van der Waals surface area contributed by atoms with Crippen LogP contribution < -0.4 is 0 Å². The molecular weight excluding hydrogens is 373 g/mol. The van der Waals surface area contributed by atoms with Crippen molar-refractivity contribution in [2.75, 3.05) is 0 Å². The monoisotopic (exact) mass is 402 g/mol. The summed E-state index contributed by atoms with van der Waals surface area (Å²) < 4.78 is 0.476. The van der Waals surface area contributed by atoms with Crippen LogP contribution in [0.2, 0.25) is 4.63 Å². The number of hydrogen-bond donors (Lipinski definition) is 2. The Kier molecular flexibility index (Phi) is 21.5. The van der Waals surface area contributed by atoms with Gasteiger partial charge in [0.05, 0.1) is 5.92 Å². The van der Waals surface area contributed by atoms with Crippen LogP contribution >= 0.6 is 0 Å². The third-order valence-corrected chi connectivity index (χ3v) is 4.52. The van der Waals surface area contributed by atoms with E-state index in [4.69, 9.17) is 10.2 Å². The van der Waals surface area contributed by atoms with E-state index in [0.717, 1.165) is 44.9 Å². The van der Waals surface area contributed by atoms with Crippen LogP contribution in [0.1, 0.15) is 72.6 Å². The average molecular weight is 404 g/mol. The topological polar surface area (TPSA) is 74.6 Å². The minimum absolute atomic E-state index is 0. The predicted octanol–water partition coefficient (Wildman–Crippen LogP) is 4.52. The first-order chi connectivity index (χ1) is 9.83. The molecule has 0 aromatic carbocycles. The molecule has 0 aromatic rings. The zero-order valence-corrected chi connectivity index (χ0v) is 18.9. The Morgan fingerprint density at radius 1 is 0.909 bits per heavy atom. The molecule has 0 saturated heterocycles. The van der Waals surface area contributed by atoms with Crippen LogP contribution in [0.5, 0.6) is 0 Å². The van der Waals surface area contributed by atoms with E-state index < -0.39 is 11.9 Å². The number of carboxylic acid groups (broad SMARTS) is 2. The van der Waals surface area contributed by atoms with E-state index in [0.29, 0.717) is 4.63 Å². The summed E-state index contributed by atoms with van der Waals surface area (Å²) in [5.41, 5.74) is 0. The van der Waals surface area contributed by atoms with Crippen LogP contribution in [0.3, 0.4) is 0 Å². The van der Waals surface area contributed by atoms with Crippen molar-refractivity contribution in [3.05, 3.63) is 0 Å². The van der Waals surface area contributed by atoms with Crippen LogP contribution in [0, 0.1) is 11.8 Å². The molecule has 0 amide bonds. The Bertz CT molecular complexity index is 287. The van der Waals surface area contributed by atoms with Gasteiger partial charge in [0.2, 0.25) is 0 Å². The number of carboxylic acids is 2. The quantitative estimate of drug-likeness (QED) is 0.526. The number of hydrogen-bond acceptors (Lipinski definition) is 2. The van der Waals surface area contributed by atoms with Gasteiger partial charge in [-0.2, -0.15) is 0 Å². The van der Waals surface area contributed by atoms with Crippen molar-refractivity contribution in [3.8, 4) is 0 Å². The number of rotatable bonds is 10. The fourth-order valence-electron chi connectivity index (χ4n) is 1.89. The predicted molar refractivity (Wildman–Crippen MR) is 81.0 cm³/mol. The summed E-state index contributed by atoms with van der Waals surface area (Å²) in [7, 11) is 0. The molecule has 3 unspecified atom stereocenters. The molecule has 4 nitrogen and oxygen atoms in total. The SMILES string of the molecule is CCCCC(CC)C(=O)O.CC[CH]([V])CC(CC)C(=O)O.[Zn]. The number of aliphatic carboxylic acids is 2. The van der Waals surface area contributed by atoms with Crippen molar-refractivity contribution in [2.24, 2.45) is 11.8 Å². The van der Waals surface area contributed by atoms with E-state index in [1.807, 2.05) is 13.8 Å². The van der Waals surface area contributed by atoms with Crippen molar-refractivity contribution >= 4 is 11.9 Å². The Morgan fingerprint density at radius 2 is 1.36 bits per heavy atom. The molecule has 0 rings (SSSR count). The zero-order valence-electron chi connectivity index (χ0n) is 14.5. The molecule has 3 atom stereocenters. The minimum atomic E-state index is -0.656. The molecule has 2 N–H and O–H groups in total. The van der Waals surface area contributed by atoms with Crippen LogP contribution in [0.4, 0.5) is 0 Å². The van der Waals surface area contributed by atoms with Gasteiger partial charge >= 0.3 is 82.9 Å². The molecular formula is C16H31O4VZn. The van der Waals surface area contributed by atoms with E-state index in [1.54, 1.807) is 0 Å². The Balaban J connectivity index is -0.000000315. The standard InChI is InChI=1S/C8H16O2.C8H15O2.V.Zn/c2*1-3-5-6-7(4-2)8(9)10;;/h7H,3-6H2,1-2H3,(H,9,10);5,7H,3-4,6H2,1-2H3,(H,9,10);;. The fourth-order valence-corrected chi connectivity index (χ4v) is 2.29. The molecule has 0 spiro atoms. The number of unbranched alkanes of at least 4 members (excludes halogenated alkanes) is 1. The third-order valence-electron chi connectivity index (χ3n) is 3.62. The first-order valence-electron chi connectivity index (χ1n) is 7.97. The summed E-state index contributed by atoms with van der Waals surface area (Å²) in [6.45, 7) is 8.01. The molecule has 0 aromatic heterocycles. The average Bonchev–Trinajstić information content (AvgIpc) is 2.45.